The van der Waals surface area contributed by atoms with Gasteiger partial charge in [0.15, 0.2) is 5.17 Å². The van der Waals surface area contributed by atoms with Crippen LogP contribution < -0.4 is 15.5 Å². The lowest BCUT2D eigenvalue weighted by atomic mass is 10.2. The highest BCUT2D eigenvalue weighted by atomic mass is 35.5. The SMILES string of the molecule is O=C(C[C@H]1S/C(=N/N=C2\CSC(=O)N2)N(c2ccc(O)cc2)C1=O)Nc1ccc(Cl)cc1. The number of halogens is 1. The zero-order valence-electron chi connectivity index (χ0n) is 16.3. The number of phenols is 1. The third-order valence-electron chi connectivity index (χ3n) is 4.38. The Morgan fingerprint density at radius 1 is 1.16 bits per heavy atom. The van der Waals surface area contributed by atoms with Crippen molar-refractivity contribution < 1.29 is 19.5 Å². The van der Waals surface area contributed by atoms with Crippen LogP contribution in [0.3, 0.4) is 0 Å². The van der Waals surface area contributed by atoms with E-state index in [9.17, 15) is 19.5 Å². The Balaban J connectivity index is 1.54. The number of carbonyl (C=O) groups is 3. The minimum Gasteiger partial charge on any atom is -0.508 e. The van der Waals surface area contributed by atoms with E-state index in [1.807, 2.05) is 0 Å². The lowest BCUT2D eigenvalue weighted by molar-refractivity contribution is -0.121. The molecule has 3 amide bonds. The molecule has 0 unspecified atom stereocenters. The number of hydrogen-bond donors (Lipinski definition) is 3. The van der Waals surface area contributed by atoms with Gasteiger partial charge in [-0.05, 0) is 48.5 Å². The van der Waals surface area contributed by atoms with Crippen LogP contribution in [0.25, 0.3) is 0 Å². The summed E-state index contributed by atoms with van der Waals surface area (Å²) < 4.78 is 0. The van der Waals surface area contributed by atoms with Crippen molar-refractivity contribution in [2.24, 2.45) is 10.2 Å². The van der Waals surface area contributed by atoms with E-state index in [1.165, 1.54) is 17.0 Å². The van der Waals surface area contributed by atoms with Crippen LogP contribution in [-0.2, 0) is 9.59 Å². The number of phenolic OH excluding ortho intramolecular Hbond substituents is 1. The fraction of sp³-hybridized carbons (Fsp3) is 0.150. The van der Waals surface area contributed by atoms with Crippen LogP contribution in [0, 0.1) is 0 Å². The summed E-state index contributed by atoms with van der Waals surface area (Å²) in [5.41, 5.74) is 1.05. The molecule has 9 nitrogen and oxygen atoms in total. The standard InChI is InChI=1S/C20H16ClN5O4S2/c21-11-1-3-12(4-2-11)22-17(28)9-15-18(29)26(13-5-7-14(27)8-6-13)19(32-15)25-24-16-10-31-20(30)23-16/h1-8,15,27H,9-10H2,(H,22,28)(H,23,24,30)/b25-19+/t15-/m1/s1. The summed E-state index contributed by atoms with van der Waals surface area (Å²) >= 11 is 8.04. The highest BCUT2D eigenvalue weighted by Crippen LogP contribution is 2.34. The van der Waals surface area contributed by atoms with Crippen LogP contribution in [0.5, 0.6) is 5.75 Å². The van der Waals surface area contributed by atoms with Crippen LogP contribution >= 0.6 is 35.1 Å². The molecule has 2 aliphatic rings. The lowest BCUT2D eigenvalue weighted by Gasteiger charge is -2.16. The Kier molecular flexibility index (Phi) is 6.68. The van der Waals surface area contributed by atoms with Gasteiger partial charge in [0.2, 0.25) is 11.8 Å². The van der Waals surface area contributed by atoms with Gasteiger partial charge in [0.1, 0.15) is 16.8 Å². The maximum absolute atomic E-state index is 13.1. The Hall–Kier alpha value is -3.02. The third-order valence-corrected chi connectivity index (χ3v) is 6.55. The van der Waals surface area contributed by atoms with Gasteiger partial charge in [0.05, 0.1) is 11.4 Å². The van der Waals surface area contributed by atoms with Crippen molar-refractivity contribution in [3.8, 4) is 5.75 Å². The molecule has 2 aromatic rings. The monoisotopic (exact) mass is 489 g/mol. The van der Waals surface area contributed by atoms with Gasteiger partial charge < -0.3 is 15.7 Å². The number of anilines is 2. The molecule has 2 saturated heterocycles. The van der Waals surface area contributed by atoms with Crippen molar-refractivity contribution in [1.82, 2.24) is 5.32 Å². The Bertz CT molecular complexity index is 1120. The van der Waals surface area contributed by atoms with Crippen molar-refractivity contribution in [3.63, 3.8) is 0 Å². The maximum atomic E-state index is 13.1. The van der Waals surface area contributed by atoms with E-state index in [2.05, 4.69) is 20.8 Å². The predicted molar refractivity (Wildman–Crippen MR) is 128 cm³/mol. The number of benzene rings is 2. The fourth-order valence-corrected chi connectivity index (χ4v) is 4.70. The first-order valence-electron chi connectivity index (χ1n) is 9.32. The smallest absolute Gasteiger partial charge is 0.284 e. The van der Waals surface area contributed by atoms with E-state index in [1.54, 1.807) is 36.4 Å². The van der Waals surface area contributed by atoms with E-state index in [-0.39, 0.29) is 34.4 Å². The largest absolute Gasteiger partial charge is 0.508 e. The van der Waals surface area contributed by atoms with Crippen molar-refractivity contribution in [3.05, 3.63) is 53.6 Å². The highest BCUT2D eigenvalue weighted by Gasteiger charge is 2.40. The second kappa shape index (κ2) is 9.63. The molecular formula is C20H16ClN5O4S2. The number of hydrogen-bond acceptors (Lipinski definition) is 8. The molecule has 1 atom stereocenters. The normalized spacial score (nSPS) is 20.8. The maximum Gasteiger partial charge on any atom is 0.284 e. The highest BCUT2D eigenvalue weighted by molar-refractivity contribution is 8.16. The second-order valence-corrected chi connectivity index (χ2v) is 9.24. The molecule has 0 aromatic heterocycles. The van der Waals surface area contributed by atoms with Crippen LogP contribution in [0.2, 0.25) is 5.02 Å². The third kappa shape index (κ3) is 5.23. The molecular weight excluding hydrogens is 474 g/mol. The second-order valence-electron chi connectivity index (χ2n) is 6.69. The molecule has 3 N–H and O–H groups in total. The molecule has 2 fully saturated rings. The molecule has 4 rings (SSSR count). The number of thioether (sulfide) groups is 2. The summed E-state index contributed by atoms with van der Waals surface area (Å²) in [4.78, 5) is 38.3. The summed E-state index contributed by atoms with van der Waals surface area (Å²) in [5.74, 6) is 0.124. The number of amidine groups is 2. The number of amides is 3. The van der Waals surface area contributed by atoms with Gasteiger partial charge in [-0.15, -0.1) is 10.2 Å². The molecule has 164 valence electrons. The first-order chi connectivity index (χ1) is 15.4. The molecule has 12 heteroatoms. The molecule has 0 saturated carbocycles. The topological polar surface area (TPSA) is 123 Å². The number of carbonyl (C=O) groups excluding carboxylic acids is 3. The zero-order chi connectivity index (χ0) is 22.7. The van der Waals surface area contributed by atoms with Crippen molar-refractivity contribution >= 4 is 74.6 Å². The summed E-state index contributed by atoms with van der Waals surface area (Å²) in [6, 6.07) is 12.7. The average molecular weight is 490 g/mol. The molecule has 0 radical (unpaired) electrons. The summed E-state index contributed by atoms with van der Waals surface area (Å²) in [6.07, 6.45) is -0.0805. The van der Waals surface area contributed by atoms with Crippen molar-refractivity contribution in [2.75, 3.05) is 16.0 Å². The van der Waals surface area contributed by atoms with E-state index in [0.717, 1.165) is 23.5 Å². The molecule has 0 spiro atoms. The van der Waals surface area contributed by atoms with E-state index >= 15 is 0 Å². The summed E-state index contributed by atoms with van der Waals surface area (Å²) in [7, 11) is 0. The number of aromatic hydroxyl groups is 1. The van der Waals surface area contributed by atoms with E-state index in [0.29, 0.717) is 28.0 Å². The molecule has 2 heterocycles. The zero-order valence-corrected chi connectivity index (χ0v) is 18.7. The van der Waals surface area contributed by atoms with E-state index in [4.69, 9.17) is 11.6 Å². The molecule has 32 heavy (non-hydrogen) atoms. The number of nitrogens with one attached hydrogen (secondary N) is 2. The number of rotatable bonds is 5. The van der Waals surface area contributed by atoms with Gasteiger partial charge >= 0.3 is 0 Å². The summed E-state index contributed by atoms with van der Waals surface area (Å²) in [5, 5.41) is 23.0. The minimum atomic E-state index is -0.720. The summed E-state index contributed by atoms with van der Waals surface area (Å²) in [6.45, 7) is 0. The van der Waals surface area contributed by atoms with Crippen molar-refractivity contribution in [2.45, 2.75) is 11.7 Å². The molecule has 2 aliphatic heterocycles. The van der Waals surface area contributed by atoms with Crippen molar-refractivity contribution in [1.29, 1.82) is 0 Å². The Labute approximate surface area is 196 Å². The van der Waals surface area contributed by atoms with Crippen LogP contribution in [0.15, 0.2) is 58.7 Å². The minimum absolute atomic E-state index is 0.0522. The fourth-order valence-electron chi connectivity index (χ4n) is 2.90. The first-order valence-corrected chi connectivity index (χ1v) is 11.6. The number of nitrogens with zero attached hydrogens (tertiary/aromatic N) is 3. The van der Waals surface area contributed by atoms with Crippen LogP contribution in [-0.4, -0.2) is 44.2 Å². The molecule has 0 aliphatic carbocycles. The predicted octanol–water partition coefficient (Wildman–Crippen LogP) is 3.65. The Morgan fingerprint density at radius 2 is 1.88 bits per heavy atom. The molecule has 0 bridgehead atoms. The van der Waals surface area contributed by atoms with Gasteiger partial charge in [0.25, 0.3) is 5.24 Å². The van der Waals surface area contributed by atoms with Gasteiger partial charge in [0, 0.05) is 17.1 Å². The van der Waals surface area contributed by atoms with E-state index < -0.39 is 5.25 Å². The Morgan fingerprint density at radius 3 is 2.53 bits per heavy atom. The van der Waals surface area contributed by atoms with Gasteiger partial charge in [-0.3, -0.25) is 19.3 Å². The van der Waals surface area contributed by atoms with Gasteiger partial charge in [-0.2, -0.15) is 0 Å². The van der Waals surface area contributed by atoms with Crippen LogP contribution in [0.4, 0.5) is 16.2 Å². The lowest BCUT2D eigenvalue weighted by Crippen LogP contribution is -2.33. The van der Waals surface area contributed by atoms with Crippen LogP contribution in [0.1, 0.15) is 6.42 Å². The molecule has 2 aromatic carbocycles. The van der Waals surface area contributed by atoms with Gasteiger partial charge in [-0.25, -0.2) is 0 Å². The average Bonchev–Trinajstić information content (AvgIpc) is 3.32. The van der Waals surface area contributed by atoms with Gasteiger partial charge in [-0.1, -0.05) is 35.1 Å². The first kappa shape index (κ1) is 22.2. The quantitative estimate of drug-likeness (QED) is 0.551.